The van der Waals surface area contributed by atoms with Gasteiger partial charge >= 0.3 is 0 Å². The molecule has 1 aromatic carbocycles. The summed E-state index contributed by atoms with van der Waals surface area (Å²) in [6.45, 7) is 1.84. The summed E-state index contributed by atoms with van der Waals surface area (Å²) >= 11 is 0. The topological polar surface area (TPSA) is 68.0 Å². The van der Waals surface area contributed by atoms with Crippen LogP contribution in [0.4, 0.5) is 15.8 Å². The highest BCUT2D eigenvalue weighted by Crippen LogP contribution is 2.14. The second kappa shape index (κ2) is 4.83. The summed E-state index contributed by atoms with van der Waals surface area (Å²) in [5, 5.41) is 2.56. The first-order valence-electron chi connectivity index (χ1n) is 5.35. The molecule has 2 rings (SSSR count). The summed E-state index contributed by atoms with van der Waals surface area (Å²) in [5.74, 6) is -1.18. The molecular weight excluding hydrogens is 233 g/mol. The van der Waals surface area contributed by atoms with E-state index in [9.17, 15) is 9.18 Å². The van der Waals surface area contributed by atoms with Crippen LogP contribution in [0.1, 0.15) is 16.1 Å². The van der Waals surface area contributed by atoms with Crippen LogP contribution in [-0.4, -0.2) is 10.9 Å². The minimum Gasteiger partial charge on any atom is -0.399 e. The minimum atomic E-state index is -0.646. The molecule has 0 spiro atoms. The molecule has 0 radical (unpaired) electrons. The highest BCUT2D eigenvalue weighted by molar-refractivity contribution is 6.04. The number of pyridine rings is 1. The maximum Gasteiger partial charge on any atom is 0.258 e. The zero-order valence-corrected chi connectivity index (χ0v) is 9.77. The molecule has 1 heterocycles. The number of amides is 1. The van der Waals surface area contributed by atoms with E-state index in [0.717, 1.165) is 11.8 Å². The van der Waals surface area contributed by atoms with Gasteiger partial charge in [0.2, 0.25) is 0 Å². The average molecular weight is 245 g/mol. The maximum atomic E-state index is 13.5. The largest absolute Gasteiger partial charge is 0.399 e. The summed E-state index contributed by atoms with van der Waals surface area (Å²) < 4.78 is 13.5. The van der Waals surface area contributed by atoms with Gasteiger partial charge in [-0.05, 0) is 37.3 Å². The number of aromatic nitrogens is 1. The van der Waals surface area contributed by atoms with Crippen LogP contribution < -0.4 is 11.1 Å². The predicted molar refractivity (Wildman–Crippen MR) is 67.7 cm³/mol. The minimum absolute atomic E-state index is 0.0511. The smallest absolute Gasteiger partial charge is 0.258 e. The quantitative estimate of drug-likeness (QED) is 0.798. The third-order valence-electron chi connectivity index (χ3n) is 2.41. The van der Waals surface area contributed by atoms with Crippen molar-refractivity contribution in [3.63, 3.8) is 0 Å². The van der Waals surface area contributed by atoms with Gasteiger partial charge in [-0.15, -0.1) is 0 Å². The molecule has 0 atom stereocenters. The van der Waals surface area contributed by atoms with E-state index in [4.69, 9.17) is 5.73 Å². The van der Waals surface area contributed by atoms with Gasteiger partial charge in [-0.2, -0.15) is 0 Å². The van der Waals surface area contributed by atoms with Crippen LogP contribution >= 0.6 is 0 Å². The molecule has 5 heteroatoms. The van der Waals surface area contributed by atoms with Crippen molar-refractivity contribution in [3.05, 3.63) is 53.6 Å². The zero-order valence-electron chi connectivity index (χ0n) is 9.77. The maximum absolute atomic E-state index is 13.5. The van der Waals surface area contributed by atoms with Crippen LogP contribution in [0.5, 0.6) is 0 Å². The molecule has 4 nitrogen and oxygen atoms in total. The zero-order chi connectivity index (χ0) is 13.1. The Morgan fingerprint density at radius 3 is 2.72 bits per heavy atom. The Morgan fingerprint density at radius 2 is 2.11 bits per heavy atom. The van der Waals surface area contributed by atoms with Crippen LogP contribution in [0.3, 0.4) is 0 Å². The summed E-state index contributed by atoms with van der Waals surface area (Å²) in [6, 6.07) is 7.40. The lowest BCUT2D eigenvalue weighted by atomic mass is 10.2. The normalized spacial score (nSPS) is 10.1. The summed E-state index contributed by atoms with van der Waals surface area (Å²) in [7, 11) is 0. The number of rotatable bonds is 2. The molecule has 0 unspecified atom stereocenters. The highest BCUT2D eigenvalue weighted by Gasteiger charge is 2.11. The molecule has 1 aromatic heterocycles. The monoisotopic (exact) mass is 245 g/mol. The molecule has 2 aromatic rings. The molecule has 0 aliphatic heterocycles. The van der Waals surface area contributed by atoms with Crippen molar-refractivity contribution >= 4 is 17.3 Å². The molecule has 0 fully saturated rings. The van der Waals surface area contributed by atoms with Crippen LogP contribution in [0.25, 0.3) is 0 Å². The first-order chi connectivity index (χ1) is 8.56. The Labute approximate surface area is 104 Å². The van der Waals surface area contributed by atoms with E-state index in [1.165, 1.54) is 18.3 Å². The van der Waals surface area contributed by atoms with E-state index >= 15 is 0 Å². The van der Waals surface area contributed by atoms with Gasteiger partial charge in [0.1, 0.15) is 5.82 Å². The van der Waals surface area contributed by atoms with Gasteiger partial charge in [-0.25, -0.2) is 4.39 Å². The Bertz CT molecular complexity index is 581. The molecule has 1 amide bonds. The Kier molecular flexibility index (Phi) is 3.23. The molecule has 0 aliphatic rings. The number of nitrogens with one attached hydrogen (secondary N) is 1. The van der Waals surface area contributed by atoms with Gasteiger partial charge in [-0.1, -0.05) is 0 Å². The van der Waals surface area contributed by atoms with E-state index in [1.54, 1.807) is 12.1 Å². The average Bonchev–Trinajstić information content (AvgIpc) is 2.32. The second-order valence-corrected chi connectivity index (χ2v) is 3.88. The van der Waals surface area contributed by atoms with Crippen molar-refractivity contribution in [1.82, 2.24) is 4.98 Å². The van der Waals surface area contributed by atoms with E-state index in [1.807, 2.05) is 6.92 Å². The fourth-order valence-corrected chi connectivity index (χ4v) is 1.46. The Morgan fingerprint density at radius 1 is 1.33 bits per heavy atom. The Hall–Kier alpha value is -2.43. The van der Waals surface area contributed by atoms with Gasteiger partial charge in [0.25, 0.3) is 5.91 Å². The molecule has 3 N–H and O–H groups in total. The van der Waals surface area contributed by atoms with Crippen LogP contribution in [0, 0.1) is 12.7 Å². The first-order valence-corrected chi connectivity index (χ1v) is 5.35. The van der Waals surface area contributed by atoms with E-state index in [0.29, 0.717) is 5.69 Å². The van der Waals surface area contributed by atoms with Gasteiger partial charge in [0.15, 0.2) is 0 Å². The summed E-state index contributed by atoms with van der Waals surface area (Å²) in [6.07, 6.45) is 1.52. The number of nitrogen functional groups attached to an aromatic ring is 1. The van der Waals surface area contributed by atoms with Crippen molar-refractivity contribution in [2.75, 3.05) is 11.1 Å². The molecular formula is C13H12FN3O. The fourth-order valence-electron chi connectivity index (χ4n) is 1.46. The molecule has 0 saturated carbocycles. The van der Waals surface area contributed by atoms with E-state index in [-0.39, 0.29) is 11.3 Å². The third kappa shape index (κ3) is 2.63. The van der Waals surface area contributed by atoms with Gasteiger partial charge in [0, 0.05) is 11.4 Å². The molecule has 0 aliphatic carbocycles. The molecule has 92 valence electrons. The van der Waals surface area contributed by atoms with Crippen LogP contribution in [-0.2, 0) is 0 Å². The predicted octanol–water partition coefficient (Wildman–Crippen LogP) is 2.36. The molecule has 18 heavy (non-hydrogen) atoms. The Balaban J connectivity index is 2.19. The molecule has 0 bridgehead atoms. The van der Waals surface area contributed by atoms with Crippen molar-refractivity contribution in [2.45, 2.75) is 6.92 Å². The number of halogens is 1. The lowest BCUT2D eigenvalue weighted by molar-refractivity contribution is 0.102. The van der Waals surface area contributed by atoms with Crippen molar-refractivity contribution in [3.8, 4) is 0 Å². The number of aryl methyl sites for hydroxylation is 1. The van der Waals surface area contributed by atoms with Gasteiger partial charge in [0.05, 0.1) is 17.4 Å². The first kappa shape index (κ1) is 12.0. The van der Waals surface area contributed by atoms with Gasteiger partial charge < -0.3 is 11.1 Å². The highest BCUT2D eigenvalue weighted by atomic mass is 19.1. The van der Waals surface area contributed by atoms with Crippen molar-refractivity contribution < 1.29 is 9.18 Å². The summed E-state index contributed by atoms with van der Waals surface area (Å²) in [5.41, 5.74) is 7.00. The number of nitrogens with zero attached hydrogens (tertiary/aromatic N) is 1. The number of hydrogen-bond acceptors (Lipinski definition) is 3. The van der Waals surface area contributed by atoms with Crippen molar-refractivity contribution in [1.29, 1.82) is 0 Å². The van der Waals surface area contributed by atoms with Crippen LogP contribution in [0.15, 0.2) is 36.5 Å². The fraction of sp³-hybridized carbons (Fsp3) is 0.0769. The number of anilines is 2. The van der Waals surface area contributed by atoms with E-state index < -0.39 is 11.7 Å². The second-order valence-electron chi connectivity index (χ2n) is 3.88. The molecule has 0 saturated heterocycles. The lowest BCUT2D eigenvalue weighted by Gasteiger charge is -2.06. The SMILES string of the molecule is Cc1ccc(NC(=O)c2ccc(N)cc2F)cn1. The number of carbonyl (C=O) groups excluding carboxylic acids is 1. The number of benzene rings is 1. The summed E-state index contributed by atoms with van der Waals surface area (Å²) in [4.78, 5) is 15.8. The van der Waals surface area contributed by atoms with Crippen LogP contribution in [0.2, 0.25) is 0 Å². The lowest BCUT2D eigenvalue weighted by Crippen LogP contribution is -2.14. The van der Waals surface area contributed by atoms with Crippen molar-refractivity contribution in [2.24, 2.45) is 0 Å². The number of nitrogens with two attached hydrogens (primary N) is 1. The number of hydrogen-bond donors (Lipinski definition) is 2. The number of carbonyl (C=O) groups is 1. The van der Waals surface area contributed by atoms with E-state index in [2.05, 4.69) is 10.3 Å². The standard InChI is InChI=1S/C13H12FN3O/c1-8-2-4-10(7-16-8)17-13(18)11-5-3-9(15)6-12(11)14/h2-7H,15H2,1H3,(H,17,18). The van der Waals surface area contributed by atoms with Gasteiger partial charge in [-0.3, -0.25) is 9.78 Å². The third-order valence-corrected chi connectivity index (χ3v) is 2.41.